The van der Waals surface area contributed by atoms with Gasteiger partial charge >= 0.3 is 0 Å². The molecule has 2 rings (SSSR count). The predicted molar refractivity (Wildman–Crippen MR) is 79.0 cm³/mol. The number of aliphatic hydroxyl groups excluding tert-OH is 1. The van der Waals surface area contributed by atoms with E-state index in [0.29, 0.717) is 31.1 Å². The standard InChI is InChI=1S/C15H25N3O3/c1-11-9-12(16-21-11)14(20)18-7-5-17(6-8-18)10-13(19)15(2,3)4/h9,13,19H,5-8,10H2,1-4H3. The van der Waals surface area contributed by atoms with Gasteiger partial charge in [-0.3, -0.25) is 9.69 Å². The maximum absolute atomic E-state index is 12.2. The van der Waals surface area contributed by atoms with Crippen LogP contribution in [0.25, 0.3) is 0 Å². The Kier molecular flexibility index (Phi) is 4.68. The summed E-state index contributed by atoms with van der Waals surface area (Å²) < 4.78 is 4.95. The Labute approximate surface area is 125 Å². The monoisotopic (exact) mass is 295 g/mol. The van der Waals surface area contributed by atoms with E-state index in [1.54, 1.807) is 17.9 Å². The van der Waals surface area contributed by atoms with E-state index in [0.717, 1.165) is 13.1 Å². The molecule has 1 aliphatic rings. The minimum absolute atomic E-state index is 0.0807. The van der Waals surface area contributed by atoms with Crippen LogP contribution < -0.4 is 0 Å². The number of carbonyl (C=O) groups excluding carboxylic acids is 1. The summed E-state index contributed by atoms with van der Waals surface area (Å²) in [6.45, 7) is 11.4. The van der Waals surface area contributed by atoms with Crippen LogP contribution in [0.5, 0.6) is 0 Å². The van der Waals surface area contributed by atoms with Crippen molar-refractivity contribution in [3.05, 3.63) is 17.5 Å². The molecule has 6 heteroatoms. The SMILES string of the molecule is Cc1cc(C(=O)N2CCN(CC(O)C(C)(C)C)CC2)no1. The second-order valence-corrected chi connectivity index (χ2v) is 6.80. The Balaban J connectivity index is 1.84. The average molecular weight is 295 g/mol. The number of aromatic nitrogens is 1. The van der Waals surface area contributed by atoms with Crippen molar-refractivity contribution in [2.24, 2.45) is 5.41 Å². The average Bonchev–Trinajstić information content (AvgIpc) is 2.84. The lowest BCUT2D eigenvalue weighted by atomic mass is 9.89. The Hall–Kier alpha value is -1.40. The predicted octanol–water partition coefficient (Wildman–Crippen LogP) is 1.15. The first-order valence-corrected chi connectivity index (χ1v) is 7.40. The molecule has 0 saturated carbocycles. The number of rotatable bonds is 3. The second-order valence-electron chi connectivity index (χ2n) is 6.80. The van der Waals surface area contributed by atoms with E-state index in [1.807, 2.05) is 20.8 Å². The third kappa shape index (κ3) is 4.04. The van der Waals surface area contributed by atoms with Crippen LogP contribution in [0.2, 0.25) is 0 Å². The molecule has 118 valence electrons. The van der Waals surface area contributed by atoms with E-state index in [4.69, 9.17) is 4.52 Å². The highest BCUT2D eigenvalue weighted by atomic mass is 16.5. The molecule has 21 heavy (non-hydrogen) atoms. The minimum Gasteiger partial charge on any atom is -0.391 e. The van der Waals surface area contributed by atoms with Gasteiger partial charge in [-0.25, -0.2) is 0 Å². The van der Waals surface area contributed by atoms with Gasteiger partial charge in [0.15, 0.2) is 5.69 Å². The van der Waals surface area contributed by atoms with Gasteiger partial charge in [-0.1, -0.05) is 25.9 Å². The third-order valence-corrected chi connectivity index (χ3v) is 3.94. The number of aryl methyl sites for hydroxylation is 1. The molecule has 1 N–H and O–H groups in total. The number of hydrogen-bond donors (Lipinski definition) is 1. The lowest BCUT2D eigenvalue weighted by Crippen LogP contribution is -2.51. The van der Waals surface area contributed by atoms with E-state index in [2.05, 4.69) is 10.1 Å². The number of hydrogen-bond acceptors (Lipinski definition) is 5. The van der Waals surface area contributed by atoms with Crippen LogP contribution in [0, 0.1) is 12.3 Å². The van der Waals surface area contributed by atoms with E-state index in [9.17, 15) is 9.90 Å². The van der Waals surface area contributed by atoms with Crippen LogP contribution in [0.4, 0.5) is 0 Å². The largest absolute Gasteiger partial charge is 0.391 e. The van der Waals surface area contributed by atoms with Gasteiger partial charge in [0, 0.05) is 38.8 Å². The zero-order valence-electron chi connectivity index (χ0n) is 13.3. The van der Waals surface area contributed by atoms with Crippen molar-refractivity contribution in [1.29, 1.82) is 0 Å². The maximum atomic E-state index is 12.2. The third-order valence-electron chi connectivity index (χ3n) is 3.94. The summed E-state index contributed by atoms with van der Waals surface area (Å²) in [5, 5.41) is 13.9. The molecule has 0 spiro atoms. The molecule has 2 heterocycles. The number of aliphatic hydroxyl groups is 1. The van der Waals surface area contributed by atoms with Gasteiger partial charge in [0.05, 0.1) is 6.10 Å². The van der Waals surface area contributed by atoms with Crippen LogP contribution in [0.1, 0.15) is 37.0 Å². The Morgan fingerprint density at radius 2 is 2.00 bits per heavy atom. The van der Waals surface area contributed by atoms with Crippen molar-refractivity contribution in [2.75, 3.05) is 32.7 Å². The van der Waals surface area contributed by atoms with E-state index in [-0.39, 0.29) is 17.4 Å². The maximum Gasteiger partial charge on any atom is 0.276 e. The van der Waals surface area contributed by atoms with Gasteiger partial charge in [-0.2, -0.15) is 0 Å². The molecular weight excluding hydrogens is 270 g/mol. The van der Waals surface area contributed by atoms with Crippen molar-refractivity contribution >= 4 is 5.91 Å². The van der Waals surface area contributed by atoms with Gasteiger partial charge in [0.1, 0.15) is 5.76 Å². The van der Waals surface area contributed by atoms with Gasteiger partial charge in [0.25, 0.3) is 5.91 Å². The van der Waals surface area contributed by atoms with Crippen LogP contribution in [-0.4, -0.2) is 64.8 Å². The summed E-state index contributed by atoms with van der Waals surface area (Å²) in [5.41, 5.74) is 0.251. The quantitative estimate of drug-likeness (QED) is 0.906. The minimum atomic E-state index is -0.363. The van der Waals surface area contributed by atoms with Crippen molar-refractivity contribution in [3.63, 3.8) is 0 Å². The van der Waals surface area contributed by atoms with Crippen molar-refractivity contribution in [1.82, 2.24) is 15.0 Å². The number of carbonyl (C=O) groups is 1. The number of piperazine rings is 1. The Bertz CT molecular complexity index is 485. The number of β-amino-alcohol motifs (C(OH)–C–C–N with tert-alkyl or cyclic N) is 1. The van der Waals surface area contributed by atoms with E-state index < -0.39 is 0 Å². The number of nitrogens with zero attached hydrogens (tertiary/aromatic N) is 3. The molecule has 1 unspecified atom stereocenters. The van der Waals surface area contributed by atoms with Crippen molar-refractivity contribution in [2.45, 2.75) is 33.8 Å². The first-order valence-electron chi connectivity index (χ1n) is 7.40. The van der Waals surface area contributed by atoms with Crippen LogP contribution in [0.15, 0.2) is 10.6 Å². The van der Waals surface area contributed by atoms with Crippen molar-refractivity contribution in [3.8, 4) is 0 Å². The lowest BCUT2D eigenvalue weighted by Gasteiger charge is -2.37. The van der Waals surface area contributed by atoms with Crippen LogP contribution in [0.3, 0.4) is 0 Å². The van der Waals surface area contributed by atoms with Crippen LogP contribution in [-0.2, 0) is 0 Å². The van der Waals surface area contributed by atoms with Gasteiger partial charge in [0.2, 0.25) is 0 Å². The first kappa shape index (κ1) is 16.0. The molecule has 0 aliphatic carbocycles. The molecule has 1 aromatic rings. The number of amides is 1. The van der Waals surface area contributed by atoms with E-state index >= 15 is 0 Å². The molecule has 1 saturated heterocycles. The molecule has 6 nitrogen and oxygen atoms in total. The molecular formula is C15H25N3O3. The van der Waals surface area contributed by atoms with Gasteiger partial charge in [-0.05, 0) is 12.3 Å². The molecule has 0 radical (unpaired) electrons. The molecule has 1 aromatic heterocycles. The zero-order valence-corrected chi connectivity index (χ0v) is 13.3. The normalized spacial score (nSPS) is 18.8. The smallest absolute Gasteiger partial charge is 0.276 e. The molecule has 1 atom stereocenters. The highest BCUT2D eigenvalue weighted by Gasteiger charge is 2.28. The summed E-state index contributed by atoms with van der Waals surface area (Å²) >= 11 is 0. The van der Waals surface area contributed by atoms with E-state index in [1.165, 1.54) is 0 Å². The summed E-state index contributed by atoms with van der Waals surface area (Å²) in [5.74, 6) is 0.563. The molecule has 0 bridgehead atoms. The molecule has 0 aromatic carbocycles. The summed E-state index contributed by atoms with van der Waals surface area (Å²) in [6, 6.07) is 1.66. The highest BCUT2D eigenvalue weighted by molar-refractivity contribution is 5.92. The Morgan fingerprint density at radius 1 is 1.38 bits per heavy atom. The second kappa shape index (κ2) is 6.15. The van der Waals surface area contributed by atoms with Crippen molar-refractivity contribution < 1.29 is 14.4 Å². The topological polar surface area (TPSA) is 69.8 Å². The summed E-state index contributed by atoms with van der Waals surface area (Å²) in [7, 11) is 0. The highest BCUT2D eigenvalue weighted by Crippen LogP contribution is 2.20. The lowest BCUT2D eigenvalue weighted by molar-refractivity contribution is 0.0135. The summed E-state index contributed by atoms with van der Waals surface area (Å²) in [6.07, 6.45) is -0.363. The molecule has 1 amide bonds. The summed E-state index contributed by atoms with van der Waals surface area (Å²) in [4.78, 5) is 16.2. The molecule has 1 aliphatic heterocycles. The van der Waals surface area contributed by atoms with Crippen LogP contribution >= 0.6 is 0 Å². The fourth-order valence-electron chi connectivity index (χ4n) is 2.28. The van der Waals surface area contributed by atoms with Gasteiger partial charge in [-0.15, -0.1) is 0 Å². The Morgan fingerprint density at radius 3 is 2.48 bits per heavy atom. The fourth-order valence-corrected chi connectivity index (χ4v) is 2.28. The first-order chi connectivity index (χ1) is 9.77. The van der Waals surface area contributed by atoms with Gasteiger partial charge < -0.3 is 14.5 Å². The fraction of sp³-hybridized carbons (Fsp3) is 0.733. The zero-order chi connectivity index (χ0) is 15.6. The molecule has 1 fully saturated rings.